The van der Waals surface area contributed by atoms with E-state index in [1.807, 2.05) is 0 Å². The highest BCUT2D eigenvalue weighted by Gasteiger charge is 2.22. The van der Waals surface area contributed by atoms with E-state index in [1.54, 1.807) is 24.3 Å². The van der Waals surface area contributed by atoms with Crippen molar-refractivity contribution in [2.45, 2.75) is 0 Å². The average Bonchev–Trinajstić information content (AvgIpc) is 2.51. The van der Waals surface area contributed by atoms with Gasteiger partial charge in [-0.3, -0.25) is 0 Å². The summed E-state index contributed by atoms with van der Waals surface area (Å²) in [6, 6.07) is 6.62. The summed E-state index contributed by atoms with van der Waals surface area (Å²) in [7, 11) is 1.50. The Bertz CT molecular complexity index is 665. The number of ether oxygens (including phenoxy) is 1. The van der Waals surface area contributed by atoms with Gasteiger partial charge in [-0.1, -0.05) is 18.2 Å². The molecular weight excluding hydrogens is 285 g/mol. The maximum atomic E-state index is 13.2. The number of hydrogen-bond acceptors (Lipinski definition) is 3. The molecule has 0 unspecified atom stereocenters. The average molecular weight is 296 g/mol. The molecule has 2 N–H and O–H groups in total. The van der Waals surface area contributed by atoms with Crippen molar-refractivity contribution in [2.24, 2.45) is 0 Å². The molecule has 0 fully saturated rings. The molecule has 0 bridgehead atoms. The number of phenolic OH excluding ortho intramolecular Hbond substituents is 2. The predicted octanol–water partition coefficient (Wildman–Crippen LogP) is 3.69. The second kappa shape index (κ2) is 5.78. The van der Waals surface area contributed by atoms with Gasteiger partial charge in [-0.2, -0.15) is 8.78 Å². The Balaban J connectivity index is 2.41. The molecule has 0 aliphatic heterocycles. The molecule has 6 heteroatoms. The first-order valence-corrected chi connectivity index (χ1v) is 5.86. The van der Waals surface area contributed by atoms with Crippen LogP contribution in [0.25, 0.3) is 12.2 Å². The fourth-order valence-electron chi connectivity index (χ4n) is 1.71. The molecule has 0 saturated carbocycles. The molecule has 2 aromatic carbocycles. The summed E-state index contributed by atoms with van der Waals surface area (Å²) in [5.74, 6) is -7.12. The van der Waals surface area contributed by atoms with Gasteiger partial charge >= 0.3 is 0 Å². The van der Waals surface area contributed by atoms with Gasteiger partial charge in [0.1, 0.15) is 5.75 Å². The van der Waals surface area contributed by atoms with Crippen LogP contribution in [0.5, 0.6) is 17.2 Å². The lowest BCUT2D eigenvalue weighted by Crippen LogP contribution is -1.95. The molecule has 21 heavy (non-hydrogen) atoms. The molecule has 0 aliphatic rings. The van der Waals surface area contributed by atoms with Gasteiger partial charge < -0.3 is 14.9 Å². The zero-order chi connectivity index (χ0) is 15.6. The van der Waals surface area contributed by atoms with Crippen molar-refractivity contribution >= 4 is 12.2 Å². The maximum Gasteiger partial charge on any atom is 0.204 e. The predicted molar refractivity (Wildman–Crippen MR) is 71.6 cm³/mol. The molecule has 0 aliphatic carbocycles. The molecule has 0 spiro atoms. The quantitative estimate of drug-likeness (QED) is 0.671. The zero-order valence-electron chi connectivity index (χ0n) is 10.9. The molecule has 0 radical (unpaired) electrons. The Kier molecular flexibility index (Phi) is 4.07. The summed E-state index contributed by atoms with van der Waals surface area (Å²) in [4.78, 5) is 0. The normalized spacial score (nSPS) is 11.0. The van der Waals surface area contributed by atoms with Crippen molar-refractivity contribution in [3.8, 4) is 17.2 Å². The van der Waals surface area contributed by atoms with Crippen LogP contribution in [0.15, 0.2) is 24.3 Å². The fraction of sp³-hybridized carbons (Fsp3) is 0.0667. The number of rotatable bonds is 3. The van der Waals surface area contributed by atoms with E-state index < -0.39 is 34.5 Å². The number of aromatic hydroxyl groups is 2. The van der Waals surface area contributed by atoms with Crippen LogP contribution in [0.3, 0.4) is 0 Å². The maximum absolute atomic E-state index is 13.2. The van der Waals surface area contributed by atoms with Crippen molar-refractivity contribution in [3.05, 3.63) is 52.8 Å². The number of hydrogen-bond donors (Lipinski definition) is 2. The minimum Gasteiger partial charge on any atom is -0.504 e. The third-order valence-electron chi connectivity index (χ3n) is 2.87. The standard InChI is InChI=1S/C15H11F3O3/c1-21-9-5-2-8(3-6-9)4-7-10-14(19)12(17)11(16)13(18)15(10)20/h2-7,19-20H,1H3. The van der Waals surface area contributed by atoms with E-state index >= 15 is 0 Å². The third kappa shape index (κ3) is 2.79. The molecule has 0 amide bonds. The van der Waals surface area contributed by atoms with Crippen LogP contribution in [-0.4, -0.2) is 17.3 Å². The lowest BCUT2D eigenvalue weighted by Gasteiger charge is -2.06. The molecule has 2 aromatic rings. The Hall–Kier alpha value is -2.63. The van der Waals surface area contributed by atoms with Crippen LogP contribution in [0, 0.1) is 17.5 Å². The third-order valence-corrected chi connectivity index (χ3v) is 2.87. The fourth-order valence-corrected chi connectivity index (χ4v) is 1.71. The van der Waals surface area contributed by atoms with Crippen LogP contribution in [0.2, 0.25) is 0 Å². The van der Waals surface area contributed by atoms with Crippen LogP contribution in [-0.2, 0) is 0 Å². The minimum atomic E-state index is -1.92. The second-order valence-corrected chi connectivity index (χ2v) is 4.16. The molecular formula is C15H11F3O3. The Morgan fingerprint density at radius 3 is 1.86 bits per heavy atom. The van der Waals surface area contributed by atoms with Crippen molar-refractivity contribution in [2.75, 3.05) is 7.11 Å². The van der Waals surface area contributed by atoms with Crippen molar-refractivity contribution in [1.82, 2.24) is 0 Å². The van der Waals surface area contributed by atoms with Crippen LogP contribution < -0.4 is 4.74 Å². The van der Waals surface area contributed by atoms with Gasteiger partial charge in [0.15, 0.2) is 11.5 Å². The van der Waals surface area contributed by atoms with Crippen molar-refractivity contribution < 1.29 is 28.1 Å². The summed E-state index contributed by atoms with van der Waals surface area (Å²) in [6.45, 7) is 0. The SMILES string of the molecule is COc1ccc(C=Cc2c(O)c(F)c(F)c(F)c2O)cc1. The highest BCUT2D eigenvalue weighted by molar-refractivity contribution is 5.76. The number of phenols is 2. The Labute approximate surface area is 118 Å². The van der Waals surface area contributed by atoms with Gasteiger partial charge in [0.2, 0.25) is 17.5 Å². The topological polar surface area (TPSA) is 49.7 Å². The highest BCUT2D eigenvalue weighted by Crippen LogP contribution is 2.36. The van der Waals surface area contributed by atoms with E-state index in [-0.39, 0.29) is 0 Å². The molecule has 0 aromatic heterocycles. The van der Waals surface area contributed by atoms with Gasteiger partial charge in [-0.05, 0) is 23.8 Å². The van der Waals surface area contributed by atoms with Gasteiger partial charge in [0, 0.05) is 0 Å². The second-order valence-electron chi connectivity index (χ2n) is 4.16. The lowest BCUT2D eigenvalue weighted by molar-refractivity contribution is 0.354. The zero-order valence-corrected chi connectivity index (χ0v) is 10.9. The summed E-state index contributed by atoms with van der Waals surface area (Å²) in [5, 5.41) is 18.9. The molecule has 0 heterocycles. The van der Waals surface area contributed by atoms with E-state index in [0.717, 1.165) is 6.08 Å². The van der Waals surface area contributed by atoms with Crippen molar-refractivity contribution in [1.29, 1.82) is 0 Å². The van der Waals surface area contributed by atoms with Gasteiger partial charge in [-0.25, -0.2) is 4.39 Å². The smallest absolute Gasteiger partial charge is 0.204 e. The molecule has 0 atom stereocenters. The minimum absolute atomic E-state index is 0.540. The summed E-state index contributed by atoms with van der Waals surface area (Å²) in [6.07, 6.45) is 2.48. The number of halogens is 3. The van der Waals surface area contributed by atoms with E-state index in [9.17, 15) is 23.4 Å². The van der Waals surface area contributed by atoms with Crippen molar-refractivity contribution in [3.63, 3.8) is 0 Å². The first kappa shape index (κ1) is 14.8. The highest BCUT2D eigenvalue weighted by atomic mass is 19.2. The number of methoxy groups -OCH3 is 1. The number of benzene rings is 2. The first-order chi connectivity index (χ1) is 9.95. The van der Waals surface area contributed by atoms with Crippen LogP contribution in [0.1, 0.15) is 11.1 Å². The monoisotopic (exact) mass is 296 g/mol. The lowest BCUT2D eigenvalue weighted by atomic mass is 10.1. The Morgan fingerprint density at radius 1 is 0.857 bits per heavy atom. The summed E-state index contributed by atoms with van der Waals surface area (Å²) >= 11 is 0. The Morgan fingerprint density at radius 2 is 1.38 bits per heavy atom. The van der Waals surface area contributed by atoms with Gasteiger partial charge in [-0.15, -0.1) is 0 Å². The van der Waals surface area contributed by atoms with E-state index in [2.05, 4.69) is 0 Å². The van der Waals surface area contributed by atoms with Gasteiger partial charge in [0.25, 0.3) is 0 Å². The molecule has 2 rings (SSSR count). The molecule has 3 nitrogen and oxygen atoms in total. The van der Waals surface area contributed by atoms with Crippen LogP contribution in [0.4, 0.5) is 13.2 Å². The largest absolute Gasteiger partial charge is 0.504 e. The van der Waals surface area contributed by atoms with Gasteiger partial charge in [0.05, 0.1) is 12.7 Å². The van der Waals surface area contributed by atoms with E-state index in [4.69, 9.17) is 4.74 Å². The first-order valence-electron chi connectivity index (χ1n) is 5.86. The van der Waals surface area contributed by atoms with E-state index in [0.29, 0.717) is 11.3 Å². The summed E-state index contributed by atoms with van der Waals surface area (Å²) < 4.78 is 44.4. The molecule has 0 saturated heterocycles. The van der Waals surface area contributed by atoms with Crippen LogP contribution >= 0.6 is 0 Å². The molecule has 110 valence electrons. The van der Waals surface area contributed by atoms with E-state index in [1.165, 1.54) is 13.2 Å². The summed E-state index contributed by atoms with van der Waals surface area (Å²) in [5.41, 5.74) is 0.0851.